The number of hydrogen-bond donors (Lipinski definition) is 1. The van der Waals surface area contributed by atoms with Crippen LogP contribution in [0.15, 0.2) is 58.8 Å². The summed E-state index contributed by atoms with van der Waals surface area (Å²) < 4.78 is 27.4. The van der Waals surface area contributed by atoms with Crippen molar-refractivity contribution < 1.29 is 13.2 Å². The minimum atomic E-state index is -3.64. The number of piperidine rings is 1. The highest BCUT2D eigenvalue weighted by Gasteiger charge is 2.27. The Hall–Kier alpha value is -2.26. The molecule has 0 atom stereocenters. The molecule has 0 radical (unpaired) electrons. The average molecular weight is 490 g/mol. The van der Waals surface area contributed by atoms with Gasteiger partial charge in [0.2, 0.25) is 10.0 Å². The van der Waals surface area contributed by atoms with Crippen LogP contribution < -0.4 is 5.32 Å². The van der Waals surface area contributed by atoms with Gasteiger partial charge in [0.15, 0.2) is 0 Å². The van der Waals surface area contributed by atoms with Crippen LogP contribution in [0.5, 0.6) is 0 Å². The molecular formula is C23H24ClN3O3S2. The number of nitrogens with one attached hydrogen (secondary N) is 1. The van der Waals surface area contributed by atoms with E-state index in [-0.39, 0.29) is 22.0 Å². The molecule has 1 N–H and O–H groups in total. The van der Waals surface area contributed by atoms with E-state index in [2.05, 4.69) is 22.4 Å². The van der Waals surface area contributed by atoms with Crippen molar-refractivity contribution in [2.75, 3.05) is 13.1 Å². The molecular weight excluding hydrogens is 466 g/mol. The van der Waals surface area contributed by atoms with Crippen LogP contribution in [0, 0.1) is 0 Å². The molecule has 2 aromatic carbocycles. The van der Waals surface area contributed by atoms with Gasteiger partial charge in [-0.3, -0.25) is 4.79 Å². The normalized spacial score (nSPS) is 14.9. The van der Waals surface area contributed by atoms with Crippen molar-refractivity contribution in [2.45, 2.75) is 37.1 Å². The molecule has 1 aliphatic rings. The van der Waals surface area contributed by atoms with E-state index in [9.17, 15) is 13.2 Å². The Morgan fingerprint density at radius 3 is 2.59 bits per heavy atom. The first-order chi connectivity index (χ1) is 15.4. The highest BCUT2D eigenvalue weighted by Crippen LogP contribution is 2.25. The molecule has 32 heavy (non-hydrogen) atoms. The number of thiazole rings is 1. The molecule has 4 rings (SSSR count). The summed E-state index contributed by atoms with van der Waals surface area (Å²) in [7, 11) is -3.64. The summed E-state index contributed by atoms with van der Waals surface area (Å²) in [5.74, 6) is -0.427. The van der Waals surface area contributed by atoms with Crippen molar-refractivity contribution in [1.29, 1.82) is 0 Å². The van der Waals surface area contributed by atoms with Gasteiger partial charge in [-0.05, 0) is 36.6 Å². The summed E-state index contributed by atoms with van der Waals surface area (Å²) >= 11 is 7.76. The van der Waals surface area contributed by atoms with Crippen LogP contribution in [0.3, 0.4) is 0 Å². The van der Waals surface area contributed by atoms with Gasteiger partial charge in [-0.15, -0.1) is 11.3 Å². The Morgan fingerprint density at radius 1 is 1.09 bits per heavy atom. The Balaban J connectivity index is 1.43. The lowest BCUT2D eigenvalue weighted by Gasteiger charge is -2.26. The zero-order valence-corrected chi connectivity index (χ0v) is 19.8. The Kier molecular flexibility index (Phi) is 7.25. The molecule has 0 unspecified atom stereocenters. The maximum Gasteiger partial charge on any atom is 0.253 e. The van der Waals surface area contributed by atoms with E-state index < -0.39 is 15.9 Å². The monoisotopic (exact) mass is 489 g/mol. The van der Waals surface area contributed by atoms with E-state index in [1.165, 1.54) is 28.1 Å². The first-order valence-corrected chi connectivity index (χ1v) is 13.2. The molecule has 1 amide bonds. The summed E-state index contributed by atoms with van der Waals surface area (Å²) in [5.41, 5.74) is 2.07. The Bertz CT molecular complexity index is 1190. The van der Waals surface area contributed by atoms with Crippen LogP contribution in [0.25, 0.3) is 0 Å². The van der Waals surface area contributed by atoms with Crippen LogP contribution in [-0.4, -0.2) is 36.7 Å². The molecule has 1 saturated heterocycles. The molecule has 1 fully saturated rings. The zero-order valence-electron chi connectivity index (χ0n) is 17.5. The van der Waals surface area contributed by atoms with Crippen molar-refractivity contribution in [3.05, 3.63) is 80.8 Å². The number of rotatable bonds is 7. The van der Waals surface area contributed by atoms with Gasteiger partial charge in [0.1, 0.15) is 0 Å². The maximum absolute atomic E-state index is 12.9. The molecule has 0 spiro atoms. The third-order valence-electron chi connectivity index (χ3n) is 5.36. The molecule has 0 aliphatic carbocycles. The van der Waals surface area contributed by atoms with Gasteiger partial charge in [0.25, 0.3) is 5.91 Å². The standard InChI is InChI=1S/C23H24ClN3O3S2/c24-21-10-9-19(32(29,30)27-11-5-2-6-12-27)14-20(21)23(28)25-15-18-16-31-22(26-18)13-17-7-3-1-4-8-17/h1,3-4,7-10,14,16H,2,5-6,11-13,15H2,(H,25,28). The second kappa shape index (κ2) is 10.1. The van der Waals surface area contributed by atoms with Crippen LogP contribution in [-0.2, 0) is 23.0 Å². The number of amides is 1. The number of nitrogens with zero attached hydrogens (tertiary/aromatic N) is 2. The zero-order chi connectivity index (χ0) is 22.6. The van der Waals surface area contributed by atoms with Gasteiger partial charge in [-0.1, -0.05) is 48.4 Å². The molecule has 6 nitrogen and oxygen atoms in total. The molecule has 3 aromatic rings. The van der Waals surface area contributed by atoms with Crippen molar-refractivity contribution in [2.24, 2.45) is 0 Å². The summed E-state index contributed by atoms with van der Waals surface area (Å²) in [4.78, 5) is 17.4. The lowest BCUT2D eigenvalue weighted by atomic mass is 10.2. The van der Waals surface area contributed by atoms with Gasteiger partial charge < -0.3 is 5.32 Å². The fourth-order valence-electron chi connectivity index (χ4n) is 3.64. The predicted octanol–water partition coefficient (Wildman–Crippen LogP) is 4.49. The van der Waals surface area contributed by atoms with E-state index in [0.29, 0.717) is 13.1 Å². The maximum atomic E-state index is 12.9. The highest BCUT2D eigenvalue weighted by molar-refractivity contribution is 7.89. The summed E-state index contributed by atoms with van der Waals surface area (Å²) in [5, 5.41) is 5.89. The molecule has 168 valence electrons. The van der Waals surface area contributed by atoms with Crippen molar-refractivity contribution in [1.82, 2.24) is 14.6 Å². The number of aromatic nitrogens is 1. The smallest absolute Gasteiger partial charge is 0.253 e. The lowest BCUT2D eigenvalue weighted by molar-refractivity contribution is 0.0950. The number of hydrogen-bond acceptors (Lipinski definition) is 5. The minimum Gasteiger partial charge on any atom is -0.346 e. The second-order valence-electron chi connectivity index (χ2n) is 7.68. The quantitative estimate of drug-likeness (QED) is 0.530. The lowest BCUT2D eigenvalue weighted by Crippen LogP contribution is -2.35. The van der Waals surface area contributed by atoms with Gasteiger partial charge in [-0.2, -0.15) is 4.31 Å². The van der Waals surface area contributed by atoms with E-state index in [0.717, 1.165) is 36.4 Å². The molecule has 9 heteroatoms. The fourth-order valence-corrected chi connectivity index (χ4v) is 6.22. The number of halogens is 1. The van der Waals surface area contributed by atoms with Gasteiger partial charge in [-0.25, -0.2) is 13.4 Å². The second-order valence-corrected chi connectivity index (χ2v) is 11.0. The van der Waals surface area contributed by atoms with Crippen molar-refractivity contribution >= 4 is 38.9 Å². The van der Waals surface area contributed by atoms with Crippen LogP contribution >= 0.6 is 22.9 Å². The predicted molar refractivity (Wildman–Crippen MR) is 127 cm³/mol. The van der Waals surface area contributed by atoms with E-state index >= 15 is 0 Å². The van der Waals surface area contributed by atoms with Gasteiger partial charge >= 0.3 is 0 Å². The van der Waals surface area contributed by atoms with Crippen LogP contribution in [0.4, 0.5) is 0 Å². The third kappa shape index (κ3) is 5.38. The first kappa shape index (κ1) is 22.9. The number of carbonyl (C=O) groups excluding carboxylic acids is 1. The molecule has 1 aromatic heterocycles. The van der Waals surface area contributed by atoms with E-state index in [4.69, 9.17) is 11.6 Å². The van der Waals surface area contributed by atoms with E-state index in [1.807, 2.05) is 23.6 Å². The summed E-state index contributed by atoms with van der Waals surface area (Å²) in [6.45, 7) is 1.24. The summed E-state index contributed by atoms with van der Waals surface area (Å²) in [6, 6.07) is 14.4. The molecule has 0 saturated carbocycles. The summed E-state index contributed by atoms with van der Waals surface area (Å²) in [6.07, 6.45) is 3.46. The van der Waals surface area contributed by atoms with Crippen molar-refractivity contribution in [3.63, 3.8) is 0 Å². The first-order valence-electron chi connectivity index (χ1n) is 10.5. The third-order valence-corrected chi connectivity index (χ3v) is 8.48. The SMILES string of the molecule is O=C(NCc1csc(Cc2ccccc2)n1)c1cc(S(=O)(=O)N2CCCCC2)ccc1Cl. The largest absolute Gasteiger partial charge is 0.346 e. The average Bonchev–Trinajstić information content (AvgIpc) is 3.26. The molecule has 1 aliphatic heterocycles. The van der Waals surface area contributed by atoms with Crippen molar-refractivity contribution in [3.8, 4) is 0 Å². The Morgan fingerprint density at radius 2 is 1.84 bits per heavy atom. The van der Waals surface area contributed by atoms with Crippen LogP contribution in [0.1, 0.15) is 45.9 Å². The topological polar surface area (TPSA) is 79.4 Å². The minimum absolute atomic E-state index is 0.0905. The molecule has 0 bridgehead atoms. The molecule has 2 heterocycles. The van der Waals surface area contributed by atoms with E-state index in [1.54, 1.807) is 11.3 Å². The highest BCUT2D eigenvalue weighted by atomic mass is 35.5. The number of sulfonamides is 1. The van der Waals surface area contributed by atoms with Gasteiger partial charge in [0, 0.05) is 24.9 Å². The van der Waals surface area contributed by atoms with Crippen LogP contribution in [0.2, 0.25) is 5.02 Å². The van der Waals surface area contributed by atoms with Gasteiger partial charge in [0.05, 0.1) is 32.7 Å². The Labute approximate surface area is 197 Å². The number of benzene rings is 2. The fraction of sp³-hybridized carbons (Fsp3) is 0.304. The number of carbonyl (C=O) groups is 1.